The molecule has 2 N–H and O–H groups in total. The molecule has 0 saturated carbocycles. The predicted octanol–water partition coefficient (Wildman–Crippen LogP) is 3.59. The Bertz CT molecular complexity index is 882. The van der Waals surface area contributed by atoms with Crippen LogP contribution in [0.25, 0.3) is 0 Å². The highest BCUT2D eigenvalue weighted by Crippen LogP contribution is 2.22. The molecule has 6 nitrogen and oxygen atoms in total. The van der Waals surface area contributed by atoms with Crippen molar-refractivity contribution in [2.45, 2.75) is 46.1 Å². The summed E-state index contributed by atoms with van der Waals surface area (Å²) in [7, 11) is 0. The number of amides is 2. The standard InChI is InChI=1S/C23H28N2O4/c1-15-7-6-8-19(13-15)25-20(26)14-29-22(28)16(2)24-21(27)17-9-11-18(12-10-17)23(3,4)5/h6-13,16H,14H2,1-5H3,(H,24,27)(H,25,26)/t16-/m0/s1. The number of ether oxygens (including phenoxy) is 1. The summed E-state index contributed by atoms with van der Waals surface area (Å²) < 4.78 is 5.00. The average molecular weight is 396 g/mol. The molecule has 29 heavy (non-hydrogen) atoms. The van der Waals surface area contributed by atoms with Crippen molar-refractivity contribution in [2.75, 3.05) is 11.9 Å². The Labute approximate surface area is 171 Å². The summed E-state index contributed by atoms with van der Waals surface area (Å²) in [4.78, 5) is 36.4. The van der Waals surface area contributed by atoms with Gasteiger partial charge in [-0.2, -0.15) is 0 Å². The number of esters is 1. The molecule has 0 aliphatic rings. The molecule has 0 heterocycles. The van der Waals surface area contributed by atoms with Gasteiger partial charge in [0.15, 0.2) is 6.61 Å². The number of anilines is 1. The molecule has 0 bridgehead atoms. The van der Waals surface area contributed by atoms with E-state index in [1.54, 1.807) is 18.2 Å². The third-order valence-electron chi connectivity index (χ3n) is 4.36. The number of hydrogen-bond acceptors (Lipinski definition) is 4. The van der Waals surface area contributed by atoms with Crippen molar-refractivity contribution >= 4 is 23.5 Å². The monoisotopic (exact) mass is 396 g/mol. The number of aryl methyl sites for hydroxylation is 1. The lowest BCUT2D eigenvalue weighted by Gasteiger charge is -2.19. The summed E-state index contributed by atoms with van der Waals surface area (Å²) in [6, 6.07) is 13.7. The van der Waals surface area contributed by atoms with Crippen LogP contribution >= 0.6 is 0 Å². The number of nitrogens with one attached hydrogen (secondary N) is 2. The van der Waals surface area contributed by atoms with E-state index in [0.717, 1.165) is 11.1 Å². The van der Waals surface area contributed by atoms with Crippen molar-refractivity contribution in [1.29, 1.82) is 0 Å². The van der Waals surface area contributed by atoms with Crippen LogP contribution in [-0.4, -0.2) is 30.4 Å². The van der Waals surface area contributed by atoms with Gasteiger partial charge in [-0.05, 0) is 54.7 Å². The van der Waals surface area contributed by atoms with Gasteiger partial charge in [0.2, 0.25) is 0 Å². The Kier molecular flexibility index (Phi) is 7.15. The zero-order chi connectivity index (χ0) is 21.6. The van der Waals surface area contributed by atoms with E-state index in [2.05, 4.69) is 31.4 Å². The van der Waals surface area contributed by atoms with E-state index in [-0.39, 0.29) is 11.3 Å². The Morgan fingerprint density at radius 3 is 2.28 bits per heavy atom. The first-order valence-corrected chi connectivity index (χ1v) is 9.51. The lowest BCUT2D eigenvalue weighted by atomic mass is 9.86. The molecule has 0 saturated heterocycles. The van der Waals surface area contributed by atoms with E-state index in [0.29, 0.717) is 11.3 Å². The molecule has 2 aromatic carbocycles. The molecular formula is C23H28N2O4. The van der Waals surface area contributed by atoms with E-state index in [1.807, 2.05) is 37.3 Å². The quantitative estimate of drug-likeness (QED) is 0.731. The molecule has 0 radical (unpaired) electrons. The van der Waals surface area contributed by atoms with Gasteiger partial charge in [-0.3, -0.25) is 9.59 Å². The second kappa shape index (κ2) is 9.37. The molecule has 6 heteroatoms. The predicted molar refractivity (Wildman–Crippen MR) is 113 cm³/mol. The summed E-state index contributed by atoms with van der Waals surface area (Å²) in [6.07, 6.45) is 0. The molecule has 0 spiro atoms. The smallest absolute Gasteiger partial charge is 0.328 e. The van der Waals surface area contributed by atoms with Gasteiger partial charge in [0.05, 0.1) is 0 Å². The summed E-state index contributed by atoms with van der Waals surface area (Å²) in [6.45, 7) is 9.28. The van der Waals surface area contributed by atoms with Crippen molar-refractivity contribution in [3.63, 3.8) is 0 Å². The van der Waals surface area contributed by atoms with Gasteiger partial charge in [0.1, 0.15) is 6.04 Å². The molecule has 0 fully saturated rings. The number of hydrogen-bond donors (Lipinski definition) is 2. The number of carbonyl (C=O) groups excluding carboxylic acids is 3. The fraction of sp³-hybridized carbons (Fsp3) is 0.348. The molecule has 2 amide bonds. The first-order chi connectivity index (χ1) is 13.6. The van der Waals surface area contributed by atoms with Gasteiger partial charge in [0, 0.05) is 11.3 Å². The van der Waals surface area contributed by atoms with Crippen molar-refractivity contribution in [2.24, 2.45) is 0 Å². The van der Waals surface area contributed by atoms with Crippen LogP contribution in [0, 0.1) is 6.92 Å². The van der Waals surface area contributed by atoms with Crippen LogP contribution in [-0.2, 0) is 19.7 Å². The molecule has 2 rings (SSSR count). The van der Waals surface area contributed by atoms with E-state index in [4.69, 9.17) is 4.74 Å². The van der Waals surface area contributed by atoms with Gasteiger partial charge in [-0.1, -0.05) is 45.0 Å². The molecule has 2 aromatic rings. The van der Waals surface area contributed by atoms with Gasteiger partial charge >= 0.3 is 5.97 Å². The molecule has 0 aliphatic carbocycles. The maximum Gasteiger partial charge on any atom is 0.328 e. The topological polar surface area (TPSA) is 84.5 Å². The molecule has 0 aliphatic heterocycles. The fourth-order valence-electron chi connectivity index (χ4n) is 2.64. The van der Waals surface area contributed by atoms with Crippen LogP contribution < -0.4 is 10.6 Å². The second-order valence-corrected chi connectivity index (χ2v) is 8.05. The molecule has 154 valence electrons. The van der Waals surface area contributed by atoms with Crippen LogP contribution in [0.15, 0.2) is 48.5 Å². The van der Waals surface area contributed by atoms with Gasteiger partial charge < -0.3 is 15.4 Å². The largest absolute Gasteiger partial charge is 0.454 e. The SMILES string of the molecule is Cc1cccc(NC(=O)COC(=O)[C@H](C)NC(=O)c2ccc(C(C)(C)C)cc2)c1. The highest BCUT2D eigenvalue weighted by atomic mass is 16.5. The zero-order valence-electron chi connectivity index (χ0n) is 17.5. The van der Waals surface area contributed by atoms with Gasteiger partial charge in [-0.15, -0.1) is 0 Å². The first kappa shape index (κ1) is 22.1. The minimum Gasteiger partial charge on any atom is -0.454 e. The average Bonchev–Trinajstić information content (AvgIpc) is 2.65. The van der Waals surface area contributed by atoms with Crippen molar-refractivity contribution < 1.29 is 19.1 Å². The summed E-state index contributed by atoms with van der Waals surface area (Å²) in [5.74, 6) is -1.50. The highest BCUT2D eigenvalue weighted by Gasteiger charge is 2.20. The van der Waals surface area contributed by atoms with Crippen LogP contribution in [0.3, 0.4) is 0 Å². The van der Waals surface area contributed by atoms with Gasteiger partial charge in [0.25, 0.3) is 11.8 Å². The molecule has 0 unspecified atom stereocenters. The molecular weight excluding hydrogens is 368 g/mol. The number of benzene rings is 2. The first-order valence-electron chi connectivity index (χ1n) is 9.51. The lowest BCUT2D eigenvalue weighted by molar-refractivity contribution is -0.148. The highest BCUT2D eigenvalue weighted by molar-refractivity contribution is 5.97. The number of carbonyl (C=O) groups is 3. The van der Waals surface area contributed by atoms with E-state index < -0.39 is 24.5 Å². The Morgan fingerprint density at radius 1 is 1.03 bits per heavy atom. The van der Waals surface area contributed by atoms with Crippen LogP contribution in [0.2, 0.25) is 0 Å². The van der Waals surface area contributed by atoms with E-state index >= 15 is 0 Å². The summed E-state index contributed by atoms with van der Waals surface area (Å²) >= 11 is 0. The van der Waals surface area contributed by atoms with Crippen molar-refractivity contribution in [3.05, 3.63) is 65.2 Å². The van der Waals surface area contributed by atoms with Crippen LogP contribution in [0.5, 0.6) is 0 Å². The number of rotatable bonds is 6. The zero-order valence-corrected chi connectivity index (χ0v) is 17.5. The van der Waals surface area contributed by atoms with Gasteiger partial charge in [-0.25, -0.2) is 4.79 Å². The van der Waals surface area contributed by atoms with Crippen LogP contribution in [0.4, 0.5) is 5.69 Å². The second-order valence-electron chi connectivity index (χ2n) is 8.05. The maximum absolute atomic E-state index is 12.3. The normalized spacial score (nSPS) is 12.0. The fourth-order valence-corrected chi connectivity index (χ4v) is 2.64. The van der Waals surface area contributed by atoms with Crippen molar-refractivity contribution in [1.82, 2.24) is 5.32 Å². The van der Waals surface area contributed by atoms with E-state index in [9.17, 15) is 14.4 Å². The molecule has 1 atom stereocenters. The Morgan fingerprint density at radius 2 is 1.69 bits per heavy atom. The third kappa shape index (κ3) is 6.75. The van der Waals surface area contributed by atoms with E-state index in [1.165, 1.54) is 6.92 Å². The van der Waals surface area contributed by atoms with Crippen LogP contribution in [0.1, 0.15) is 49.2 Å². The summed E-state index contributed by atoms with van der Waals surface area (Å²) in [5, 5.41) is 5.25. The van der Waals surface area contributed by atoms with Crippen molar-refractivity contribution in [3.8, 4) is 0 Å². The summed E-state index contributed by atoms with van der Waals surface area (Å²) in [5.41, 5.74) is 3.19. The minimum atomic E-state index is -0.878. The molecule has 0 aromatic heterocycles. The lowest BCUT2D eigenvalue weighted by Crippen LogP contribution is -2.40. The Hall–Kier alpha value is -3.15. The maximum atomic E-state index is 12.3. The third-order valence-corrected chi connectivity index (χ3v) is 4.36. The minimum absolute atomic E-state index is 0.00881. The Balaban J connectivity index is 1.83.